The highest BCUT2D eigenvalue weighted by atomic mass is 16.6. The lowest BCUT2D eigenvalue weighted by Gasteiger charge is -2.18. The molecule has 1 atom stereocenters. The fourth-order valence-corrected chi connectivity index (χ4v) is 6.19. The van der Waals surface area contributed by atoms with Crippen LogP contribution in [0.1, 0.15) is 213 Å². The first-order chi connectivity index (χ1) is 28.0. The summed E-state index contributed by atoms with van der Waals surface area (Å²) in [5.74, 6) is -1.00. The summed E-state index contributed by atoms with van der Waals surface area (Å²) >= 11 is 0. The Balaban J connectivity index is 4.44. The van der Waals surface area contributed by atoms with Gasteiger partial charge < -0.3 is 14.2 Å². The number of hydrogen-bond donors (Lipinski definition) is 0. The molecule has 0 rings (SSSR count). The maximum Gasteiger partial charge on any atom is 0.306 e. The zero-order chi connectivity index (χ0) is 41.5. The Bertz CT molecular complexity index is 1100. The Hall–Kier alpha value is -3.15. The Morgan fingerprint density at radius 1 is 0.368 bits per heavy atom. The Morgan fingerprint density at radius 2 is 0.719 bits per heavy atom. The lowest BCUT2D eigenvalue weighted by molar-refractivity contribution is -0.166. The first-order valence-electron chi connectivity index (χ1n) is 23.4. The SMILES string of the molecule is CC/C=C\C/C=C\C/C=C\C/C=C\CCC(=O)OC(COC(=O)CCCCCCCCC/C=C\C/C=C\CCCCC)COC(=O)CCCCCCCCCCC. The average Bonchev–Trinajstić information content (AvgIpc) is 3.21. The van der Waals surface area contributed by atoms with Crippen molar-refractivity contribution in [2.45, 2.75) is 219 Å². The van der Waals surface area contributed by atoms with Gasteiger partial charge in [0, 0.05) is 19.3 Å². The monoisotopic (exact) mass is 795 g/mol. The van der Waals surface area contributed by atoms with Crippen molar-refractivity contribution >= 4 is 17.9 Å². The summed E-state index contributed by atoms with van der Waals surface area (Å²) < 4.78 is 16.6. The van der Waals surface area contributed by atoms with Gasteiger partial charge in [-0.1, -0.05) is 190 Å². The van der Waals surface area contributed by atoms with Crippen molar-refractivity contribution in [1.82, 2.24) is 0 Å². The van der Waals surface area contributed by atoms with Crippen LogP contribution < -0.4 is 0 Å². The molecule has 0 aromatic carbocycles. The summed E-state index contributed by atoms with van der Waals surface area (Å²) in [5.41, 5.74) is 0. The molecule has 0 aliphatic heterocycles. The van der Waals surface area contributed by atoms with Crippen LogP contribution in [0.4, 0.5) is 0 Å². The van der Waals surface area contributed by atoms with Gasteiger partial charge in [-0.3, -0.25) is 14.4 Å². The van der Waals surface area contributed by atoms with Gasteiger partial charge in [-0.05, 0) is 77.0 Å². The van der Waals surface area contributed by atoms with Gasteiger partial charge in [0.25, 0.3) is 0 Å². The summed E-state index contributed by atoms with van der Waals surface area (Å²) in [7, 11) is 0. The van der Waals surface area contributed by atoms with Gasteiger partial charge in [0.1, 0.15) is 13.2 Å². The third-order valence-electron chi connectivity index (χ3n) is 9.71. The predicted octanol–water partition coefficient (Wildman–Crippen LogP) is 15.1. The largest absolute Gasteiger partial charge is 0.462 e. The van der Waals surface area contributed by atoms with E-state index in [0.717, 1.165) is 77.0 Å². The summed E-state index contributed by atoms with van der Waals surface area (Å²) in [6.45, 7) is 6.39. The van der Waals surface area contributed by atoms with E-state index < -0.39 is 12.1 Å². The summed E-state index contributed by atoms with van der Waals surface area (Å²) in [6.07, 6.45) is 56.1. The van der Waals surface area contributed by atoms with Crippen molar-refractivity contribution in [3.05, 3.63) is 72.9 Å². The molecule has 0 fully saturated rings. The number of allylic oxidation sites excluding steroid dienone is 12. The second-order valence-electron chi connectivity index (χ2n) is 15.3. The highest BCUT2D eigenvalue weighted by molar-refractivity contribution is 5.71. The molecule has 326 valence electrons. The van der Waals surface area contributed by atoms with Gasteiger partial charge in [-0.25, -0.2) is 0 Å². The first-order valence-corrected chi connectivity index (χ1v) is 23.4. The maximum absolute atomic E-state index is 12.7. The van der Waals surface area contributed by atoms with E-state index in [2.05, 4.69) is 81.5 Å². The molecule has 57 heavy (non-hydrogen) atoms. The predicted molar refractivity (Wildman–Crippen MR) is 242 cm³/mol. The second kappa shape index (κ2) is 45.6. The van der Waals surface area contributed by atoms with Crippen molar-refractivity contribution in [2.75, 3.05) is 13.2 Å². The topological polar surface area (TPSA) is 78.9 Å². The third-order valence-corrected chi connectivity index (χ3v) is 9.71. The minimum absolute atomic E-state index is 0.106. The number of esters is 3. The normalized spacial score (nSPS) is 12.7. The van der Waals surface area contributed by atoms with Crippen LogP contribution in [0, 0.1) is 0 Å². The Morgan fingerprint density at radius 3 is 1.18 bits per heavy atom. The van der Waals surface area contributed by atoms with E-state index in [-0.39, 0.29) is 31.6 Å². The number of carbonyl (C=O) groups excluding carboxylic acids is 3. The van der Waals surface area contributed by atoms with Gasteiger partial charge in [0.2, 0.25) is 0 Å². The number of carbonyl (C=O) groups is 3. The molecule has 0 bridgehead atoms. The number of unbranched alkanes of at least 4 members (excludes halogenated alkanes) is 18. The van der Waals surface area contributed by atoms with Crippen LogP contribution in [-0.4, -0.2) is 37.2 Å². The number of hydrogen-bond acceptors (Lipinski definition) is 6. The van der Waals surface area contributed by atoms with Crippen molar-refractivity contribution < 1.29 is 28.6 Å². The molecule has 0 aliphatic carbocycles. The van der Waals surface area contributed by atoms with Gasteiger partial charge >= 0.3 is 17.9 Å². The summed E-state index contributed by atoms with van der Waals surface area (Å²) in [6, 6.07) is 0. The van der Waals surface area contributed by atoms with Crippen molar-refractivity contribution in [2.24, 2.45) is 0 Å². The maximum atomic E-state index is 12.7. The molecule has 0 aromatic rings. The molecule has 6 nitrogen and oxygen atoms in total. The molecule has 0 spiro atoms. The second-order valence-corrected chi connectivity index (χ2v) is 15.3. The minimum atomic E-state index is -0.812. The smallest absolute Gasteiger partial charge is 0.306 e. The highest BCUT2D eigenvalue weighted by Gasteiger charge is 2.19. The first kappa shape index (κ1) is 53.9. The summed E-state index contributed by atoms with van der Waals surface area (Å²) in [5, 5.41) is 0. The zero-order valence-corrected chi connectivity index (χ0v) is 37.1. The molecular formula is C51H86O6. The van der Waals surface area contributed by atoms with Crippen molar-refractivity contribution in [3.63, 3.8) is 0 Å². The number of rotatable bonds is 41. The van der Waals surface area contributed by atoms with Gasteiger partial charge in [0.05, 0.1) is 0 Å². The van der Waals surface area contributed by atoms with E-state index in [1.807, 2.05) is 12.2 Å². The van der Waals surface area contributed by atoms with Crippen LogP contribution >= 0.6 is 0 Å². The zero-order valence-electron chi connectivity index (χ0n) is 37.1. The van der Waals surface area contributed by atoms with E-state index in [0.29, 0.717) is 19.3 Å². The van der Waals surface area contributed by atoms with Gasteiger partial charge in [0.15, 0.2) is 6.10 Å². The van der Waals surface area contributed by atoms with Crippen LogP contribution in [0.15, 0.2) is 72.9 Å². The molecule has 0 heterocycles. The fraction of sp³-hybridized carbons (Fsp3) is 0.706. The van der Waals surface area contributed by atoms with E-state index in [9.17, 15) is 14.4 Å². The van der Waals surface area contributed by atoms with Gasteiger partial charge in [-0.2, -0.15) is 0 Å². The molecule has 0 saturated carbocycles. The van der Waals surface area contributed by atoms with Crippen molar-refractivity contribution in [1.29, 1.82) is 0 Å². The highest BCUT2D eigenvalue weighted by Crippen LogP contribution is 2.13. The van der Waals surface area contributed by atoms with E-state index in [1.165, 1.54) is 89.9 Å². The molecular weight excluding hydrogens is 709 g/mol. The Labute approximate surface area is 351 Å². The van der Waals surface area contributed by atoms with E-state index >= 15 is 0 Å². The molecule has 0 aromatic heterocycles. The molecule has 1 unspecified atom stereocenters. The summed E-state index contributed by atoms with van der Waals surface area (Å²) in [4.78, 5) is 37.7. The van der Waals surface area contributed by atoms with Crippen LogP contribution in [0.25, 0.3) is 0 Å². The van der Waals surface area contributed by atoms with E-state index in [1.54, 1.807) is 0 Å². The molecule has 0 amide bonds. The van der Waals surface area contributed by atoms with E-state index in [4.69, 9.17) is 14.2 Å². The minimum Gasteiger partial charge on any atom is -0.462 e. The molecule has 0 N–H and O–H groups in total. The molecule has 0 saturated heterocycles. The third kappa shape index (κ3) is 43.8. The van der Waals surface area contributed by atoms with Crippen LogP contribution in [-0.2, 0) is 28.6 Å². The van der Waals surface area contributed by atoms with Crippen LogP contribution in [0.3, 0.4) is 0 Å². The van der Waals surface area contributed by atoms with Crippen molar-refractivity contribution in [3.8, 4) is 0 Å². The Kier molecular flexibility index (Phi) is 43.0. The number of ether oxygens (including phenoxy) is 3. The molecule has 0 radical (unpaired) electrons. The quantitative estimate of drug-likeness (QED) is 0.0265. The lowest BCUT2D eigenvalue weighted by atomic mass is 10.1. The molecule has 0 aliphatic rings. The van der Waals surface area contributed by atoms with Gasteiger partial charge in [-0.15, -0.1) is 0 Å². The average molecular weight is 795 g/mol. The lowest BCUT2D eigenvalue weighted by Crippen LogP contribution is -2.30. The van der Waals surface area contributed by atoms with Crippen LogP contribution in [0.2, 0.25) is 0 Å². The molecule has 6 heteroatoms. The fourth-order valence-electron chi connectivity index (χ4n) is 6.19. The van der Waals surface area contributed by atoms with Crippen LogP contribution in [0.5, 0.6) is 0 Å². The standard InChI is InChI=1S/C51H86O6/c1-4-7-10-13-16-19-21-23-24-25-26-28-29-32-35-38-41-44-50(53)56-47-48(46-55-49(52)43-40-37-34-31-18-15-12-9-6-3)57-51(54)45-42-39-36-33-30-27-22-20-17-14-11-8-5-2/h8,11,16-17,19-20,23-24,27,30,36,39,48H,4-7,9-10,12-15,18,21-22,25-26,28-29,31-35,37-38,40-47H2,1-3H3/b11-8-,19-16-,20-17-,24-23-,30-27-,39-36-.